The highest BCUT2D eigenvalue weighted by Gasteiger charge is 2.09. The SMILES string of the molecule is COc1ccc(C(=O)NCCCCCl)cc1OC. The molecule has 4 nitrogen and oxygen atoms in total. The lowest BCUT2D eigenvalue weighted by atomic mass is 10.2. The van der Waals surface area contributed by atoms with E-state index in [1.807, 2.05) is 0 Å². The van der Waals surface area contributed by atoms with E-state index in [9.17, 15) is 4.79 Å². The fourth-order valence-corrected chi connectivity index (χ4v) is 1.69. The molecule has 0 atom stereocenters. The summed E-state index contributed by atoms with van der Waals surface area (Å²) in [5.41, 5.74) is 0.554. The number of carbonyl (C=O) groups excluding carboxylic acids is 1. The van der Waals surface area contributed by atoms with Gasteiger partial charge in [0.2, 0.25) is 0 Å². The molecule has 0 unspecified atom stereocenters. The average molecular weight is 272 g/mol. The summed E-state index contributed by atoms with van der Waals surface area (Å²) < 4.78 is 10.3. The number of carbonyl (C=O) groups is 1. The summed E-state index contributed by atoms with van der Waals surface area (Å²) in [6, 6.07) is 5.08. The molecule has 100 valence electrons. The largest absolute Gasteiger partial charge is 0.493 e. The van der Waals surface area contributed by atoms with Crippen molar-refractivity contribution in [3.8, 4) is 11.5 Å². The molecule has 0 spiro atoms. The number of methoxy groups -OCH3 is 2. The van der Waals surface area contributed by atoms with Crippen LogP contribution in [0.5, 0.6) is 11.5 Å². The molecule has 5 heteroatoms. The number of benzene rings is 1. The van der Waals surface area contributed by atoms with Crippen LogP contribution in [0.4, 0.5) is 0 Å². The zero-order valence-corrected chi connectivity index (χ0v) is 11.4. The number of rotatable bonds is 7. The molecule has 1 amide bonds. The van der Waals surface area contributed by atoms with Crippen LogP contribution < -0.4 is 14.8 Å². The predicted octanol–water partition coefficient (Wildman–Crippen LogP) is 2.45. The van der Waals surface area contributed by atoms with Gasteiger partial charge in [-0.05, 0) is 31.0 Å². The van der Waals surface area contributed by atoms with Gasteiger partial charge in [-0.15, -0.1) is 11.6 Å². The third-order valence-electron chi connectivity index (χ3n) is 2.49. The van der Waals surface area contributed by atoms with Crippen LogP contribution in [0.15, 0.2) is 18.2 Å². The second-order valence-electron chi connectivity index (χ2n) is 3.72. The van der Waals surface area contributed by atoms with Gasteiger partial charge in [-0.1, -0.05) is 0 Å². The minimum Gasteiger partial charge on any atom is -0.493 e. The molecule has 0 radical (unpaired) electrons. The Labute approximate surface area is 112 Å². The minimum absolute atomic E-state index is 0.120. The van der Waals surface area contributed by atoms with E-state index in [0.717, 1.165) is 12.8 Å². The number of hydrogen-bond donors (Lipinski definition) is 1. The van der Waals surface area contributed by atoms with Gasteiger partial charge in [0, 0.05) is 18.0 Å². The molecule has 1 N–H and O–H groups in total. The van der Waals surface area contributed by atoms with Gasteiger partial charge < -0.3 is 14.8 Å². The van der Waals surface area contributed by atoms with Gasteiger partial charge in [0.15, 0.2) is 11.5 Å². The van der Waals surface area contributed by atoms with Gasteiger partial charge in [-0.2, -0.15) is 0 Å². The highest BCUT2D eigenvalue weighted by atomic mass is 35.5. The molecular formula is C13H18ClNO3. The average Bonchev–Trinajstić information content (AvgIpc) is 2.42. The summed E-state index contributed by atoms with van der Waals surface area (Å²) in [4.78, 5) is 11.8. The van der Waals surface area contributed by atoms with Gasteiger partial charge in [0.05, 0.1) is 14.2 Å². The zero-order valence-electron chi connectivity index (χ0n) is 10.7. The van der Waals surface area contributed by atoms with Crippen LogP contribution in [0, 0.1) is 0 Å². The standard InChI is InChI=1S/C13H18ClNO3/c1-17-11-6-5-10(9-12(11)18-2)13(16)15-8-4-3-7-14/h5-6,9H,3-4,7-8H2,1-2H3,(H,15,16). The molecule has 0 fully saturated rings. The van der Waals surface area contributed by atoms with Crippen LogP contribution in [0.2, 0.25) is 0 Å². The minimum atomic E-state index is -0.120. The first kappa shape index (κ1) is 14.6. The molecule has 0 saturated carbocycles. The van der Waals surface area contributed by atoms with Crippen molar-refractivity contribution in [3.63, 3.8) is 0 Å². The lowest BCUT2D eigenvalue weighted by Crippen LogP contribution is -2.24. The number of nitrogens with one attached hydrogen (secondary N) is 1. The molecule has 0 aliphatic heterocycles. The first-order chi connectivity index (χ1) is 8.72. The van der Waals surface area contributed by atoms with Crippen molar-refractivity contribution >= 4 is 17.5 Å². The van der Waals surface area contributed by atoms with Crippen LogP contribution in [0.1, 0.15) is 23.2 Å². The van der Waals surface area contributed by atoms with Crippen molar-refractivity contribution in [2.45, 2.75) is 12.8 Å². The molecule has 0 bridgehead atoms. The van der Waals surface area contributed by atoms with Crippen molar-refractivity contribution in [1.29, 1.82) is 0 Å². The van der Waals surface area contributed by atoms with E-state index in [4.69, 9.17) is 21.1 Å². The molecule has 18 heavy (non-hydrogen) atoms. The molecular weight excluding hydrogens is 254 g/mol. The van der Waals surface area contributed by atoms with Gasteiger partial charge in [0.1, 0.15) is 0 Å². The lowest BCUT2D eigenvalue weighted by Gasteiger charge is -2.09. The fourth-order valence-electron chi connectivity index (χ4n) is 1.50. The number of hydrogen-bond acceptors (Lipinski definition) is 3. The van der Waals surface area contributed by atoms with Crippen LogP contribution in [0.25, 0.3) is 0 Å². The Kier molecular flexibility index (Phi) is 6.36. The van der Waals surface area contributed by atoms with E-state index < -0.39 is 0 Å². The van der Waals surface area contributed by atoms with E-state index in [-0.39, 0.29) is 5.91 Å². The van der Waals surface area contributed by atoms with Crippen molar-refractivity contribution < 1.29 is 14.3 Å². The van der Waals surface area contributed by atoms with Gasteiger partial charge in [0.25, 0.3) is 5.91 Å². The molecule has 1 aromatic rings. The Bertz CT molecular complexity index is 396. The first-order valence-corrected chi connectivity index (χ1v) is 6.32. The smallest absolute Gasteiger partial charge is 0.251 e. The van der Waals surface area contributed by atoms with E-state index in [2.05, 4.69) is 5.32 Å². The fraction of sp³-hybridized carbons (Fsp3) is 0.462. The first-order valence-electron chi connectivity index (χ1n) is 5.79. The van der Waals surface area contributed by atoms with E-state index >= 15 is 0 Å². The number of ether oxygens (including phenoxy) is 2. The maximum absolute atomic E-state index is 11.8. The summed E-state index contributed by atoms with van der Waals surface area (Å²) >= 11 is 5.56. The molecule has 0 heterocycles. The van der Waals surface area contributed by atoms with Gasteiger partial charge in [-0.25, -0.2) is 0 Å². The highest BCUT2D eigenvalue weighted by Crippen LogP contribution is 2.27. The number of unbranched alkanes of at least 4 members (excludes halogenated alkanes) is 1. The topological polar surface area (TPSA) is 47.6 Å². The Hall–Kier alpha value is -1.42. The monoisotopic (exact) mass is 271 g/mol. The zero-order chi connectivity index (χ0) is 13.4. The van der Waals surface area contributed by atoms with Crippen molar-refractivity contribution in [1.82, 2.24) is 5.32 Å². The Morgan fingerprint density at radius 1 is 1.22 bits per heavy atom. The van der Waals surface area contributed by atoms with E-state index in [1.165, 1.54) is 0 Å². The lowest BCUT2D eigenvalue weighted by molar-refractivity contribution is 0.0953. The van der Waals surface area contributed by atoms with Crippen LogP contribution in [0.3, 0.4) is 0 Å². The molecule has 0 aliphatic carbocycles. The molecule has 0 aromatic heterocycles. The summed E-state index contributed by atoms with van der Waals surface area (Å²) in [6.07, 6.45) is 1.77. The Balaban J connectivity index is 2.62. The number of amides is 1. The van der Waals surface area contributed by atoms with Crippen molar-refractivity contribution in [2.75, 3.05) is 26.6 Å². The predicted molar refractivity (Wildman–Crippen MR) is 71.8 cm³/mol. The molecule has 0 aliphatic rings. The normalized spacial score (nSPS) is 9.94. The third-order valence-corrected chi connectivity index (χ3v) is 2.76. The summed E-state index contributed by atoms with van der Waals surface area (Å²) in [5, 5.41) is 2.83. The third kappa shape index (κ3) is 4.11. The van der Waals surface area contributed by atoms with Crippen LogP contribution in [-0.2, 0) is 0 Å². The second-order valence-corrected chi connectivity index (χ2v) is 4.10. The molecule has 1 rings (SSSR count). The Morgan fingerprint density at radius 2 is 1.94 bits per heavy atom. The van der Waals surface area contributed by atoms with E-state index in [1.54, 1.807) is 32.4 Å². The maximum atomic E-state index is 11.8. The molecule has 1 aromatic carbocycles. The maximum Gasteiger partial charge on any atom is 0.251 e. The van der Waals surface area contributed by atoms with Crippen molar-refractivity contribution in [3.05, 3.63) is 23.8 Å². The summed E-state index contributed by atoms with van der Waals surface area (Å²) in [6.45, 7) is 0.625. The summed E-state index contributed by atoms with van der Waals surface area (Å²) in [7, 11) is 3.10. The number of alkyl halides is 1. The van der Waals surface area contributed by atoms with Crippen LogP contribution in [-0.4, -0.2) is 32.6 Å². The Morgan fingerprint density at radius 3 is 2.56 bits per heavy atom. The summed E-state index contributed by atoms with van der Waals surface area (Å²) in [5.74, 6) is 1.65. The number of halogens is 1. The van der Waals surface area contributed by atoms with Gasteiger partial charge >= 0.3 is 0 Å². The second kappa shape index (κ2) is 7.82. The van der Waals surface area contributed by atoms with E-state index in [0.29, 0.717) is 29.5 Å². The van der Waals surface area contributed by atoms with Crippen molar-refractivity contribution in [2.24, 2.45) is 0 Å². The highest BCUT2D eigenvalue weighted by molar-refractivity contribution is 6.17. The molecule has 0 saturated heterocycles. The quantitative estimate of drug-likeness (QED) is 0.612. The van der Waals surface area contributed by atoms with Gasteiger partial charge in [-0.3, -0.25) is 4.79 Å². The van der Waals surface area contributed by atoms with Crippen LogP contribution >= 0.6 is 11.6 Å².